The van der Waals surface area contributed by atoms with E-state index >= 15 is 0 Å². The summed E-state index contributed by atoms with van der Waals surface area (Å²) >= 11 is 0. The number of piperidine rings is 1. The van der Waals surface area contributed by atoms with Crippen LogP contribution >= 0.6 is 0 Å². The highest BCUT2D eigenvalue weighted by molar-refractivity contribution is 5.74. The van der Waals surface area contributed by atoms with Crippen molar-refractivity contribution in [1.29, 1.82) is 0 Å². The van der Waals surface area contributed by atoms with Crippen LogP contribution in [0.1, 0.15) is 51.0 Å². The molecule has 8 nitrogen and oxygen atoms in total. The molecule has 3 fully saturated rings. The fraction of sp³-hybridized carbons (Fsp3) is 0.824. The van der Waals surface area contributed by atoms with E-state index in [1.165, 1.54) is 12.7 Å². The summed E-state index contributed by atoms with van der Waals surface area (Å²) in [6.07, 6.45) is 10.8. The molecule has 3 heterocycles. The Morgan fingerprint density at radius 3 is 2.96 bits per heavy atom. The number of rotatable bonds is 3. The first-order valence-electron chi connectivity index (χ1n) is 9.43. The van der Waals surface area contributed by atoms with E-state index in [9.17, 15) is 4.79 Å². The third-order valence-electron chi connectivity index (χ3n) is 5.50. The van der Waals surface area contributed by atoms with Crippen LogP contribution in [0.25, 0.3) is 0 Å². The molecule has 0 radical (unpaired) electrons. The minimum atomic E-state index is -0.378. The van der Waals surface area contributed by atoms with E-state index < -0.39 is 0 Å². The largest absolute Gasteiger partial charge is 0.347 e. The zero-order chi connectivity index (χ0) is 17.1. The van der Waals surface area contributed by atoms with Crippen LogP contribution in [-0.4, -0.2) is 63.8 Å². The molecule has 4 rings (SSSR count). The molecule has 2 atom stereocenters. The van der Waals surface area contributed by atoms with Gasteiger partial charge in [-0.25, -0.2) is 14.5 Å². The number of aromatic nitrogens is 3. The van der Waals surface area contributed by atoms with E-state index in [0.717, 1.165) is 45.1 Å². The molecule has 2 amide bonds. The molecule has 3 aliphatic rings. The Morgan fingerprint density at radius 1 is 1.28 bits per heavy atom. The van der Waals surface area contributed by atoms with Gasteiger partial charge in [0, 0.05) is 32.5 Å². The van der Waals surface area contributed by atoms with Gasteiger partial charge in [0.25, 0.3) is 0 Å². The number of ether oxygens (including phenoxy) is 2. The summed E-state index contributed by atoms with van der Waals surface area (Å²) < 4.78 is 13.9. The maximum absolute atomic E-state index is 12.5. The Hall–Kier alpha value is -1.67. The first-order valence-corrected chi connectivity index (χ1v) is 9.43. The average Bonchev–Trinajstić information content (AvgIpc) is 3.31. The van der Waals surface area contributed by atoms with Gasteiger partial charge in [-0.3, -0.25) is 0 Å². The molecule has 0 unspecified atom stereocenters. The SMILES string of the molecule is O=C(NC[C@@H]1COC2(CCCCC2)O1)N1CCC[C@H](n2cncn2)C1. The second kappa shape index (κ2) is 7.29. The summed E-state index contributed by atoms with van der Waals surface area (Å²) in [7, 11) is 0. The summed E-state index contributed by atoms with van der Waals surface area (Å²) in [5.74, 6) is -0.378. The van der Waals surface area contributed by atoms with Crippen molar-refractivity contribution in [3.63, 3.8) is 0 Å². The molecular weight excluding hydrogens is 322 g/mol. The van der Waals surface area contributed by atoms with Gasteiger partial charge in [0.1, 0.15) is 18.8 Å². The number of likely N-dealkylation sites (tertiary alicyclic amines) is 1. The zero-order valence-electron chi connectivity index (χ0n) is 14.6. The number of nitrogens with zero attached hydrogens (tertiary/aromatic N) is 4. The lowest BCUT2D eigenvalue weighted by atomic mass is 9.94. The first kappa shape index (κ1) is 16.8. The summed E-state index contributed by atoms with van der Waals surface area (Å²) in [5.41, 5.74) is 0. The summed E-state index contributed by atoms with van der Waals surface area (Å²) in [5, 5.41) is 7.22. The van der Waals surface area contributed by atoms with E-state index in [2.05, 4.69) is 15.4 Å². The first-order chi connectivity index (χ1) is 12.2. The van der Waals surface area contributed by atoms with E-state index in [1.807, 2.05) is 9.58 Å². The van der Waals surface area contributed by atoms with Crippen molar-refractivity contribution in [2.75, 3.05) is 26.2 Å². The predicted molar refractivity (Wildman–Crippen MR) is 89.9 cm³/mol. The number of hydrogen-bond acceptors (Lipinski definition) is 5. The third kappa shape index (κ3) is 3.79. The predicted octanol–water partition coefficient (Wildman–Crippen LogP) is 1.70. The number of nitrogens with one attached hydrogen (secondary N) is 1. The third-order valence-corrected chi connectivity index (χ3v) is 5.50. The normalized spacial score (nSPS) is 29.0. The zero-order valence-corrected chi connectivity index (χ0v) is 14.6. The van der Waals surface area contributed by atoms with Gasteiger partial charge in [0.05, 0.1) is 12.6 Å². The molecule has 2 saturated heterocycles. The van der Waals surface area contributed by atoms with Crippen LogP contribution in [-0.2, 0) is 9.47 Å². The maximum Gasteiger partial charge on any atom is 0.317 e. The molecule has 1 N–H and O–H groups in total. The molecule has 2 aliphatic heterocycles. The average molecular weight is 349 g/mol. The van der Waals surface area contributed by atoms with E-state index in [1.54, 1.807) is 6.33 Å². The van der Waals surface area contributed by atoms with Gasteiger partial charge >= 0.3 is 6.03 Å². The van der Waals surface area contributed by atoms with Crippen LogP contribution in [0.2, 0.25) is 0 Å². The fourth-order valence-electron chi connectivity index (χ4n) is 4.14. The standard InChI is InChI=1S/C17H27N5O3/c23-16(21-8-4-5-14(10-21)22-13-18-12-20-22)19-9-15-11-24-17(25-15)6-2-1-3-7-17/h12-15H,1-11H2,(H,19,23)/t14-,15+/m0/s1. The van der Waals surface area contributed by atoms with Crippen LogP contribution < -0.4 is 5.32 Å². The Balaban J connectivity index is 1.25. The molecule has 1 aromatic heterocycles. The second-order valence-corrected chi connectivity index (χ2v) is 7.33. The number of amides is 2. The lowest BCUT2D eigenvalue weighted by molar-refractivity contribution is -0.186. The Kier molecular flexibility index (Phi) is 4.89. The Morgan fingerprint density at radius 2 is 2.16 bits per heavy atom. The molecule has 138 valence electrons. The van der Waals surface area contributed by atoms with E-state index in [-0.39, 0.29) is 24.0 Å². The molecule has 1 aromatic rings. The van der Waals surface area contributed by atoms with Crippen molar-refractivity contribution in [3.8, 4) is 0 Å². The molecule has 1 spiro atoms. The Bertz CT molecular complexity index is 573. The van der Waals surface area contributed by atoms with Gasteiger partial charge in [0.2, 0.25) is 0 Å². The quantitative estimate of drug-likeness (QED) is 0.898. The van der Waals surface area contributed by atoms with Crippen LogP contribution in [0.15, 0.2) is 12.7 Å². The monoisotopic (exact) mass is 349 g/mol. The number of carbonyl (C=O) groups is 1. The highest BCUT2D eigenvalue weighted by Gasteiger charge is 2.42. The summed E-state index contributed by atoms with van der Waals surface area (Å²) in [6, 6.07) is 0.177. The minimum absolute atomic E-state index is 0.0296. The molecule has 25 heavy (non-hydrogen) atoms. The van der Waals surface area contributed by atoms with Crippen molar-refractivity contribution in [2.45, 2.75) is 62.9 Å². The van der Waals surface area contributed by atoms with Crippen LogP contribution in [0.4, 0.5) is 4.79 Å². The topological polar surface area (TPSA) is 81.5 Å². The van der Waals surface area contributed by atoms with Crippen LogP contribution in [0.3, 0.4) is 0 Å². The van der Waals surface area contributed by atoms with Crippen molar-refractivity contribution in [3.05, 3.63) is 12.7 Å². The number of carbonyl (C=O) groups excluding carboxylic acids is 1. The molecule has 8 heteroatoms. The summed E-state index contributed by atoms with van der Waals surface area (Å²) in [4.78, 5) is 18.4. The highest BCUT2D eigenvalue weighted by atomic mass is 16.7. The summed E-state index contributed by atoms with van der Waals surface area (Å²) in [6.45, 7) is 2.52. The molecule has 0 bridgehead atoms. The molecule has 1 saturated carbocycles. The smallest absolute Gasteiger partial charge is 0.317 e. The van der Waals surface area contributed by atoms with Gasteiger partial charge in [-0.05, 0) is 25.7 Å². The Labute approximate surface area is 147 Å². The van der Waals surface area contributed by atoms with Crippen molar-refractivity contribution in [2.24, 2.45) is 0 Å². The lowest BCUT2D eigenvalue weighted by Gasteiger charge is -2.33. The van der Waals surface area contributed by atoms with Gasteiger partial charge in [-0.2, -0.15) is 5.10 Å². The van der Waals surface area contributed by atoms with Gasteiger partial charge in [-0.15, -0.1) is 0 Å². The van der Waals surface area contributed by atoms with Gasteiger partial charge in [-0.1, -0.05) is 6.42 Å². The maximum atomic E-state index is 12.5. The van der Waals surface area contributed by atoms with Gasteiger partial charge in [0.15, 0.2) is 5.79 Å². The van der Waals surface area contributed by atoms with Crippen LogP contribution in [0.5, 0.6) is 0 Å². The van der Waals surface area contributed by atoms with E-state index in [4.69, 9.17) is 9.47 Å². The highest BCUT2D eigenvalue weighted by Crippen LogP contribution is 2.37. The van der Waals surface area contributed by atoms with Crippen molar-refractivity contribution >= 4 is 6.03 Å². The van der Waals surface area contributed by atoms with E-state index in [0.29, 0.717) is 19.7 Å². The van der Waals surface area contributed by atoms with Crippen molar-refractivity contribution in [1.82, 2.24) is 25.0 Å². The fourth-order valence-corrected chi connectivity index (χ4v) is 4.14. The molecule has 1 aliphatic carbocycles. The second-order valence-electron chi connectivity index (χ2n) is 7.33. The number of urea groups is 1. The van der Waals surface area contributed by atoms with Crippen molar-refractivity contribution < 1.29 is 14.3 Å². The lowest BCUT2D eigenvalue weighted by Crippen LogP contribution is -2.48. The van der Waals surface area contributed by atoms with Gasteiger partial charge < -0.3 is 19.7 Å². The molecular formula is C17H27N5O3. The minimum Gasteiger partial charge on any atom is -0.347 e. The van der Waals surface area contributed by atoms with Crippen LogP contribution in [0, 0.1) is 0 Å². The number of hydrogen-bond donors (Lipinski definition) is 1. The molecule has 0 aromatic carbocycles.